The van der Waals surface area contributed by atoms with Gasteiger partial charge in [-0.3, -0.25) is 9.89 Å². The van der Waals surface area contributed by atoms with E-state index in [9.17, 15) is 4.79 Å². The van der Waals surface area contributed by atoms with Gasteiger partial charge in [-0.05, 0) is 64.8 Å². The number of furan rings is 1. The van der Waals surface area contributed by atoms with Crippen LogP contribution in [0.15, 0.2) is 22.6 Å². The lowest BCUT2D eigenvalue weighted by molar-refractivity contribution is 0.0946. The summed E-state index contributed by atoms with van der Waals surface area (Å²) in [6.07, 6.45) is 6.09. The summed E-state index contributed by atoms with van der Waals surface area (Å²) in [7, 11) is 0. The second kappa shape index (κ2) is 8.34. The summed E-state index contributed by atoms with van der Waals surface area (Å²) in [6, 6.07) is 6.19. The Morgan fingerprint density at radius 2 is 2.28 bits per heavy atom. The minimum absolute atomic E-state index is 0.142. The first-order chi connectivity index (χ1) is 12.1. The number of carbonyl (C=O) groups is 1. The van der Waals surface area contributed by atoms with Gasteiger partial charge in [0.2, 0.25) is 0 Å². The van der Waals surface area contributed by atoms with Gasteiger partial charge < -0.3 is 14.6 Å². The first-order valence-electron chi connectivity index (χ1n) is 9.28. The van der Waals surface area contributed by atoms with E-state index in [1.54, 1.807) is 6.07 Å². The van der Waals surface area contributed by atoms with Crippen LogP contribution in [-0.2, 0) is 0 Å². The molecular weight excluding hydrogens is 316 g/mol. The molecule has 0 spiro atoms. The molecule has 3 heterocycles. The minimum Gasteiger partial charge on any atom is -0.460 e. The number of nitrogens with one attached hydrogen (secondary N) is 2. The van der Waals surface area contributed by atoms with Crippen molar-refractivity contribution < 1.29 is 9.21 Å². The maximum Gasteiger partial charge on any atom is 0.271 e. The Bertz CT molecular complexity index is 691. The van der Waals surface area contributed by atoms with Gasteiger partial charge in [0.05, 0.1) is 0 Å². The van der Waals surface area contributed by atoms with Gasteiger partial charge in [-0.2, -0.15) is 5.10 Å². The Labute approximate surface area is 149 Å². The second-order valence-electron chi connectivity index (χ2n) is 6.92. The zero-order valence-electron chi connectivity index (χ0n) is 15.2. The number of carbonyl (C=O) groups excluding carboxylic acids is 1. The van der Waals surface area contributed by atoms with Crippen LogP contribution in [0.25, 0.3) is 11.5 Å². The highest BCUT2D eigenvalue weighted by Crippen LogP contribution is 2.20. The van der Waals surface area contributed by atoms with Crippen LogP contribution in [0.5, 0.6) is 0 Å². The molecule has 6 nitrogen and oxygen atoms in total. The molecule has 1 unspecified atom stereocenters. The van der Waals surface area contributed by atoms with Crippen molar-refractivity contribution in [3.05, 3.63) is 29.7 Å². The number of nitrogens with zero attached hydrogens (tertiary/aromatic N) is 2. The summed E-state index contributed by atoms with van der Waals surface area (Å²) in [5.74, 6) is 1.38. The summed E-state index contributed by atoms with van der Waals surface area (Å²) < 4.78 is 5.53. The van der Waals surface area contributed by atoms with Gasteiger partial charge in [-0.1, -0.05) is 6.42 Å². The highest BCUT2D eigenvalue weighted by Gasteiger charge is 2.17. The Morgan fingerprint density at radius 3 is 3.04 bits per heavy atom. The van der Waals surface area contributed by atoms with Crippen LogP contribution in [-0.4, -0.2) is 46.7 Å². The lowest BCUT2D eigenvalue weighted by Crippen LogP contribution is -2.38. The van der Waals surface area contributed by atoms with Crippen LogP contribution < -0.4 is 5.32 Å². The number of rotatable bonds is 7. The number of aryl methyl sites for hydroxylation is 1. The van der Waals surface area contributed by atoms with Crippen molar-refractivity contribution in [1.82, 2.24) is 20.4 Å². The maximum atomic E-state index is 12.2. The molecule has 0 aliphatic carbocycles. The third-order valence-electron chi connectivity index (χ3n) is 4.91. The summed E-state index contributed by atoms with van der Waals surface area (Å²) >= 11 is 0. The zero-order valence-corrected chi connectivity index (χ0v) is 15.2. The van der Waals surface area contributed by atoms with Crippen molar-refractivity contribution >= 4 is 5.91 Å². The van der Waals surface area contributed by atoms with Gasteiger partial charge in [-0.15, -0.1) is 0 Å². The number of aromatic amines is 1. The molecule has 0 aromatic carbocycles. The Hall–Kier alpha value is -2.08. The van der Waals surface area contributed by atoms with Crippen molar-refractivity contribution in [2.75, 3.05) is 19.6 Å². The quantitative estimate of drug-likeness (QED) is 0.755. The largest absolute Gasteiger partial charge is 0.460 e. The van der Waals surface area contributed by atoms with Crippen molar-refractivity contribution in [1.29, 1.82) is 0 Å². The minimum atomic E-state index is -0.142. The topological polar surface area (TPSA) is 74.2 Å². The second-order valence-corrected chi connectivity index (χ2v) is 6.92. The number of unbranched alkanes of at least 4 members (excludes halogenated alkanes) is 1. The Morgan fingerprint density at radius 1 is 1.40 bits per heavy atom. The SMILES string of the molecule is Cc1ccc(-c2cc(C(=O)NCCCCN3CCCCC3C)n[nH]2)o1. The van der Waals surface area contributed by atoms with Gasteiger partial charge >= 0.3 is 0 Å². The van der Waals surface area contributed by atoms with E-state index in [1.165, 1.54) is 25.8 Å². The molecule has 1 aliphatic heterocycles. The van der Waals surface area contributed by atoms with Gasteiger partial charge in [-0.25, -0.2) is 0 Å². The molecule has 1 fully saturated rings. The summed E-state index contributed by atoms with van der Waals surface area (Å²) in [4.78, 5) is 14.7. The van der Waals surface area contributed by atoms with Crippen molar-refractivity contribution in [3.8, 4) is 11.5 Å². The van der Waals surface area contributed by atoms with E-state index in [-0.39, 0.29) is 5.91 Å². The Balaban J connectivity index is 1.39. The predicted molar refractivity (Wildman–Crippen MR) is 97.5 cm³/mol. The Kier molecular flexibility index (Phi) is 5.91. The summed E-state index contributed by atoms with van der Waals surface area (Å²) in [5, 5.41) is 9.88. The van der Waals surface area contributed by atoms with Crippen molar-refractivity contribution in [2.45, 2.75) is 52.0 Å². The van der Waals surface area contributed by atoms with Crippen molar-refractivity contribution in [3.63, 3.8) is 0 Å². The molecule has 1 saturated heterocycles. The van der Waals surface area contributed by atoms with E-state index >= 15 is 0 Å². The number of piperidine rings is 1. The fourth-order valence-electron chi connectivity index (χ4n) is 3.37. The molecule has 1 amide bonds. The number of hydrogen-bond acceptors (Lipinski definition) is 4. The third-order valence-corrected chi connectivity index (χ3v) is 4.91. The van der Waals surface area contributed by atoms with E-state index < -0.39 is 0 Å². The van der Waals surface area contributed by atoms with Crippen LogP contribution in [0.3, 0.4) is 0 Å². The fourth-order valence-corrected chi connectivity index (χ4v) is 3.37. The van der Waals surface area contributed by atoms with E-state index in [0.29, 0.717) is 24.0 Å². The van der Waals surface area contributed by atoms with E-state index in [1.807, 2.05) is 19.1 Å². The van der Waals surface area contributed by atoms with E-state index in [4.69, 9.17) is 4.42 Å². The average molecular weight is 344 g/mol. The van der Waals surface area contributed by atoms with Gasteiger partial charge in [0.1, 0.15) is 11.5 Å². The van der Waals surface area contributed by atoms with Gasteiger partial charge in [0.15, 0.2) is 11.5 Å². The van der Waals surface area contributed by atoms with Crippen LogP contribution in [0.1, 0.15) is 55.3 Å². The molecule has 6 heteroatoms. The maximum absolute atomic E-state index is 12.2. The zero-order chi connectivity index (χ0) is 17.6. The number of hydrogen-bond donors (Lipinski definition) is 2. The van der Waals surface area contributed by atoms with Crippen LogP contribution in [0.4, 0.5) is 0 Å². The molecule has 2 aromatic heterocycles. The highest BCUT2D eigenvalue weighted by atomic mass is 16.3. The molecule has 0 bridgehead atoms. The predicted octanol–water partition coefficient (Wildman–Crippen LogP) is 3.36. The molecule has 25 heavy (non-hydrogen) atoms. The monoisotopic (exact) mass is 344 g/mol. The normalized spacial score (nSPS) is 18.4. The number of amides is 1. The molecule has 0 saturated carbocycles. The number of aromatic nitrogens is 2. The van der Waals surface area contributed by atoms with Crippen LogP contribution in [0, 0.1) is 6.92 Å². The molecule has 2 N–H and O–H groups in total. The van der Waals surface area contributed by atoms with Gasteiger partial charge in [0, 0.05) is 18.7 Å². The molecule has 2 aromatic rings. The number of likely N-dealkylation sites (tertiary alicyclic amines) is 1. The number of H-pyrrole nitrogens is 1. The lowest BCUT2D eigenvalue weighted by Gasteiger charge is -2.33. The summed E-state index contributed by atoms with van der Waals surface area (Å²) in [5.41, 5.74) is 1.12. The van der Waals surface area contributed by atoms with Gasteiger partial charge in [0.25, 0.3) is 5.91 Å². The first-order valence-corrected chi connectivity index (χ1v) is 9.28. The standard InChI is InChI=1S/C19H28N4O2/c1-14-7-3-5-11-23(14)12-6-4-10-20-19(24)17-13-16(21-22-17)18-9-8-15(2)25-18/h8-9,13-14H,3-7,10-12H2,1-2H3,(H,20,24)(H,21,22). The summed E-state index contributed by atoms with van der Waals surface area (Å²) in [6.45, 7) is 7.23. The van der Waals surface area contributed by atoms with Crippen molar-refractivity contribution in [2.24, 2.45) is 0 Å². The molecular formula is C19H28N4O2. The van der Waals surface area contributed by atoms with Crippen LogP contribution >= 0.6 is 0 Å². The molecule has 3 rings (SSSR count). The van der Waals surface area contributed by atoms with Crippen LogP contribution in [0.2, 0.25) is 0 Å². The lowest BCUT2D eigenvalue weighted by atomic mass is 10.0. The molecule has 1 aliphatic rings. The smallest absolute Gasteiger partial charge is 0.271 e. The fraction of sp³-hybridized carbons (Fsp3) is 0.579. The van der Waals surface area contributed by atoms with E-state index in [0.717, 1.165) is 30.8 Å². The molecule has 0 radical (unpaired) electrons. The molecule has 1 atom stereocenters. The first kappa shape index (κ1) is 17.7. The van der Waals surface area contributed by atoms with E-state index in [2.05, 4.69) is 27.3 Å². The third kappa shape index (κ3) is 4.72. The molecule has 136 valence electrons. The highest BCUT2D eigenvalue weighted by molar-refractivity contribution is 5.93. The average Bonchev–Trinajstić information content (AvgIpc) is 3.25.